The molecule has 0 aliphatic heterocycles. The smallest absolute Gasteiger partial charge is 0.189 e. The Balaban J connectivity index is 2.32. The minimum atomic E-state index is -3.17. The third kappa shape index (κ3) is 37.8. The maximum atomic E-state index is 9.89. The first-order chi connectivity index (χ1) is 1.73. The second-order valence-corrected chi connectivity index (χ2v) is 0.278. The molecule has 0 saturated heterocycles. The first kappa shape index (κ1) is 3.82. The van der Waals surface area contributed by atoms with E-state index < -0.39 is 6.55 Å². The third-order valence-corrected chi connectivity index (χ3v) is 0. The molecule has 0 unspecified atom stereocenters. The van der Waals surface area contributed by atoms with Gasteiger partial charge in [-0.3, -0.25) is 0 Å². The van der Waals surface area contributed by atoms with Gasteiger partial charge in [-0.2, -0.15) is 8.78 Å². The predicted octanol–water partition coefficient (Wildman–Crippen LogP) is 0.278. The van der Waals surface area contributed by atoms with Crippen LogP contribution >= 0.6 is 0 Å². The van der Waals surface area contributed by atoms with Gasteiger partial charge in [0, 0.05) is 0 Å². The SMILES string of the molecule is [N]C(F)F. The largest absolute Gasteiger partial charge is 0.322 e. The van der Waals surface area contributed by atoms with Gasteiger partial charge < -0.3 is 0 Å². The lowest BCUT2D eigenvalue weighted by Crippen LogP contribution is -1.83. The van der Waals surface area contributed by atoms with E-state index in [2.05, 4.69) is 0 Å². The second kappa shape index (κ2) is 1.17. The van der Waals surface area contributed by atoms with E-state index in [1.807, 2.05) is 0 Å². The molecule has 0 aromatic carbocycles. The summed E-state index contributed by atoms with van der Waals surface area (Å²) in [6, 6.07) is 0. The van der Waals surface area contributed by atoms with Gasteiger partial charge >= 0.3 is 6.55 Å². The lowest BCUT2D eigenvalue weighted by atomic mass is 11.4. The van der Waals surface area contributed by atoms with Gasteiger partial charge in [-0.25, -0.2) is 0 Å². The van der Waals surface area contributed by atoms with Crippen LogP contribution in [0.5, 0.6) is 0 Å². The molecule has 0 bridgehead atoms. The van der Waals surface area contributed by atoms with Crippen molar-refractivity contribution in [2.24, 2.45) is 0 Å². The van der Waals surface area contributed by atoms with Gasteiger partial charge in [0.25, 0.3) is 0 Å². The number of alkyl halides is 2. The molecule has 1 nitrogen and oxygen atoms in total. The first-order valence-corrected chi connectivity index (χ1v) is 0.695. The van der Waals surface area contributed by atoms with Crippen LogP contribution in [0.15, 0.2) is 0 Å². The summed E-state index contributed by atoms with van der Waals surface area (Å²) in [5.41, 5.74) is 6.72. The van der Waals surface area contributed by atoms with Crippen LogP contribution in [0.2, 0.25) is 0 Å². The Labute approximate surface area is 22.4 Å². The summed E-state index contributed by atoms with van der Waals surface area (Å²) in [4.78, 5) is 0. The lowest BCUT2D eigenvalue weighted by molar-refractivity contribution is 0.148. The Hall–Kier alpha value is -0.180. The molecular weight excluding hydrogens is 64.0 g/mol. The van der Waals surface area contributed by atoms with Crippen molar-refractivity contribution in [1.29, 1.82) is 0 Å². The van der Waals surface area contributed by atoms with Crippen molar-refractivity contribution in [2.45, 2.75) is 6.55 Å². The predicted molar refractivity (Wildman–Crippen MR) is 8.14 cm³/mol. The van der Waals surface area contributed by atoms with Crippen molar-refractivity contribution < 1.29 is 8.78 Å². The minimum absolute atomic E-state index is 3.17. The van der Waals surface area contributed by atoms with Crippen molar-refractivity contribution >= 4 is 0 Å². The number of hydrogen-bond donors (Lipinski definition) is 0. The van der Waals surface area contributed by atoms with Crippen LogP contribution < -0.4 is 5.73 Å². The Morgan fingerprint density at radius 3 is 1.50 bits per heavy atom. The summed E-state index contributed by atoms with van der Waals surface area (Å²) in [5.74, 6) is 0. The quantitative estimate of drug-likeness (QED) is 0.362. The molecule has 0 spiro atoms. The second-order valence-electron chi connectivity index (χ2n) is 0.278. The molecule has 0 atom stereocenters. The minimum Gasteiger partial charge on any atom is -0.189 e. The molecule has 0 aliphatic rings. The zero-order valence-corrected chi connectivity index (χ0v) is 1.78. The summed E-state index contributed by atoms with van der Waals surface area (Å²) >= 11 is 0. The van der Waals surface area contributed by atoms with Crippen molar-refractivity contribution in [2.75, 3.05) is 0 Å². The fourth-order valence-electron chi connectivity index (χ4n) is 0. The molecule has 2 radical (unpaired) electrons. The monoisotopic (exact) mass is 65.0 g/mol. The Bertz CT molecular complexity index is 10.8. The molecule has 3 heteroatoms. The van der Waals surface area contributed by atoms with Crippen LogP contribution in [-0.2, 0) is 0 Å². The Morgan fingerprint density at radius 1 is 1.50 bits per heavy atom. The summed E-state index contributed by atoms with van der Waals surface area (Å²) in [6.45, 7) is -3.17. The molecule has 0 heterocycles. The highest BCUT2D eigenvalue weighted by Gasteiger charge is 1.84. The van der Waals surface area contributed by atoms with E-state index in [1.165, 1.54) is 0 Å². The van der Waals surface area contributed by atoms with Crippen LogP contribution in [-0.4, -0.2) is 6.55 Å². The zero-order chi connectivity index (χ0) is 3.58. The van der Waals surface area contributed by atoms with Crippen molar-refractivity contribution in [3.8, 4) is 0 Å². The van der Waals surface area contributed by atoms with Gasteiger partial charge in [-0.15, -0.1) is 0 Å². The molecule has 0 aliphatic carbocycles. The molecule has 24 valence electrons. The molecule has 4 heavy (non-hydrogen) atoms. The number of rotatable bonds is 0. The summed E-state index contributed by atoms with van der Waals surface area (Å²) in [5, 5.41) is 0. The van der Waals surface area contributed by atoms with Gasteiger partial charge in [0.05, 0.1) is 0 Å². The van der Waals surface area contributed by atoms with Crippen LogP contribution in [0, 0.1) is 0 Å². The molecule has 0 N–H and O–H groups in total. The highest BCUT2D eigenvalue weighted by Crippen LogP contribution is 1.75. The number of halogens is 2. The van der Waals surface area contributed by atoms with Gasteiger partial charge in [-0.1, -0.05) is 5.73 Å². The maximum absolute atomic E-state index is 9.89. The maximum Gasteiger partial charge on any atom is 0.322 e. The van der Waals surface area contributed by atoms with Crippen LogP contribution in [0.1, 0.15) is 0 Å². The molecule has 0 aromatic rings. The van der Waals surface area contributed by atoms with Gasteiger partial charge in [-0.05, 0) is 0 Å². The van der Waals surface area contributed by atoms with Crippen molar-refractivity contribution in [1.82, 2.24) is 5.73 Å². The number of nitrogens with zero attached hydrogens (tertiary/aromatic N) is 1. The molecule has 0 saturated carbocycles. The van der Waals surface area contributed by atoms with E-state index in [-0.39, 0.29) is 0 Å². The molecule has 0 aromatic heterocycles. The van der Waals surface area contributed by atoms with Crippen LogP contribution in [0.3, 0.4) is 0 Å². The Kier molecular flexibility index (Phi) is 1.12. The third-order valence-electron chi connectivity index (χ3n) is 0. The van der Waals surface area contributed by atoms with Crippen LogP contribution in [0.25, 0.3) is 0 Å². The van der Waals surface area contributed by atoms with Gasteiger partial charge in [0.2, 0.25) is 0 Å². The number of hydrogen-bond acceptors (Lipinski definition) is 0. The molecule has 0 amide bonds. The fraction of sp³-hybridized carbons (Fsp3) is 1.00. The lowest BCUT2D eigenvalue weighted by Gasteiger charge is -1.66. The topological polar surface area (TPSA) is 22.3 Å². The van der Waals surface area contributed by atoms with Crippen LogP contribution in [0.4, 0.5) is 8.78 Å². The van der Waals surface area contributed by atoms with Gasteiger partial charge in [0.15, 0.2) is 0 Å². The Morgan fingerprint density at radius 2 is 1.50 bits per heavy atom. The van der Waals surface area contributed by atoms with E-state index in [9.17, 15) is 8.78 Å². The summed E-state index contributed by atoms with van der Waals surface area (Å²) < 4.78 is 19.8. The summed E-state index contributed by atoms with van der Waals surface area (Å²) in [6.07, 6.45) is 0. The fourth-order valence-corrected chi connectivity index (χ4v) is 0. The summed E-state index contributed by atoms with van der Waals surface area (Å²) in [7, 11) is 0. The zero-order valence-electron chi connectivity index (χ0n) is 1.78. The van der Waals surface area contributed by atoms with Crippen molar-refractivity contribution in [3.63, 3.8) is 0 Å². The molecular formula is CHF2N. The highest BCUT2D eigenvalue weighted by atomic mass is 19.3. The van der Waals surface area contributed by atoms with Gasteiger partial charge in [0.1, 0.15) is 0 Å². The molecule has 0 fully saturated rings. The van der Waals surface area contributed by atoms with E-state index in [0.29, 0.717) is 0 Å². The van der Waals surface area contributed by atoms with E-state index in [4.69, 9.17) is 5.73 Å². The van der Waals surface area contributed by atoms with E-state index >= 15 is 0 Å². The standard InChI is InChI=1S/CHF2N/c2-1(3)4/h1H. The average Bonchev–Trinajstić information content (AvgIpc) is 0.811. The van der Waals surface area contributed by atoms with E-state index in [0.717, 1.165) is 0 Å². The molecule has 0 rings (SSSR count). The van der Waals surface area contributed by atoms with Crippen molar-refractivity contribution in [3.05, 3.63) is 0 Å². The average molecular weight is 65.0 g/mol. The normalized spacial score (nSPS) is 9.00. The van der Waals surface area contributed by atoms with E-state index in [1.54, 1.807) is 0 Å². The first-order valence-electron chi connectivity index (χ1n) is 0.695. The highest BCUT2D eigenvalue weighted by molar-refractivity contribution is 3.97.